The van der Waals surface area contributed by atoms with Gasteiger partial charge in [-0.1, -0.05) is 6.07 Å². The number of nitrogens with zero attached hydrogens (tertiary/aromatic N) is 2. The van der Waals surface area contributed by atoms with Crippen molar-refractivity contribution in [2.24, 2.45) is 0 Å². The first-order valence-electron chi connectivity index (χ1n) is 7.46. The maximum absolute atomic E-state index is 12.6. The number of ether oxygens (including phenoxy) is 1. The molecule has 2 aromatic rings. The van der Waals surface area contributed by atoms with Crippen LogP contribution in [-0.4, -0.2) is 30.1 Å². The van der Waals surface area contributed by atoms with Crippen LogP contribution in [0.2, 0.25) is 0 Å². The Morgan fingerprint density at radius 3 is 2.61 bits per heavy atom. The second-order valence-corrected chi connectivity index (χ2v) is 7.00. The van der Waals surface area contributed by atoms with Gasteiger partial charge in [0.1, 0.15) is 5.75 Å². The van der Waals surface area contributed by atoms with Gasteiger partial charge in [0.2, 0.25) is 0 Å². The molecule has 23 heavy (non-hydrogen) atoms. The summed E-state index contributed by atoms with van der Waals surface area (Å²) in [6.07, 6.45) is 0. The largest absolute Gasteiger partial charge is 0.495 e. The molecule has 1 N–H and O–H groups in total. The Bertz CT molecular complexity index is 712. The number of amides is 2. The molecular weight excluding hydrogens is 310 g/mol. The number of methoxy groups -OCH3 is 1. The number of anilines is 1. The van der Waals surface area contributed by atoms with E-state index in [1.54, 1.807) is 30.4 Å². The molecule has 0 fully saturated rings. The summed E-state index contributed by atoms with van der Waals surface area (Å²) in [5, 5.41) is 3.93. The number of carbonyl (C=O) groups is 1. The normalized spacial score (nSPS) is 11.9. The molecule has 1 aromatic heterocycles. The predicted molar refractivity (Wildman–Crippen MR) is 94.5 cm³/mol. The zero-order valence-corrected chi connectivity index (χ0v) is 15.2. The number of hydrogen-bond donors (Lipinski definition) is 1. The van der Waals surface area contributed by atoms with E-state index in [2.05, 4.69) is 10.3 Å². The molecule has 5 nitrogen and oxygen atoms in total. The summed E-state index contributed by atoms with van der Waals surface area (Å²) >= 11 is 1.65. The molecule has 0 radical (unpaired) electrons. The second kappa shape index (κ2) is 7.00. The van der Waals surface area contributed by atoms with Crippen molar-refractivity contribution >= 4 is 23.1 Å². The summed E-state index contributed by atoms with van der Waals surface area (Å²) in [4.78, 5) is 19.9. The fraction of sp³-hybridized carbons (Fsp3) is 0.412. The van der Waals surface area contributed by atoms with Gasteiger partial charge in [-0.2, -0.15) is 0 Å². The van der Waals surface area contributed by atoms with Crippen LogP contribution < -0.4 is 10.1 Å². The molecule has 6 heteroatoms. The highest BCUT2D eigenvalue weighted by Crippen LogP contribution is 2.28. The van der Waals surface area contributed by atoms with E-state index < -0.39 is 0 Å². The van der Waals surface area contributed by atoms with Crippen molar-refractivity contribution in [3.63, 3.8) is 0 Å². The molecule has 1 aromatic carbocycles. The van der Waals surface area contributed by atoms with Gasteiger partial charge in [0.25, 0.3) is 0 Å². The Morgan fingerprint density at radius 2 is 2.04 bits per heavy atom. The predicted octanol–water partition coefficient (Wildman–Crippen LogP) is 4.30. The molecule has 0 unspecified atom stereocenters. The monoisotopic (exact) mass is 333 g/mol. The number of thiazole rings is 1. The number of aryl methyl sites for hydroxylation is 3. The lowest BCUT2D eigenvalue weighted by molar-refractivity contribution is 0.207. The lowest BCUT2D eigenvalue weighted by Gasteiger charge is -2.25. The highest BCUT2D eigenvalue weighted by Gasteiger charge is 2.22. The summed E-state index contributed by atoms with van der Waals surface area (Å²) in [5.74, 6) is 0.644. The third kappa shape index (κ3) is 3.82. The molecule has 124 valence electrons. The van der Waals surface area contributed by atoms with Crippen LogP contribution in [0.1, 0.15) is 34.1 Å². The molecule has 0 aliphatic heterocycles. The van der Waals surface area contributed by atoms with E-state index in [4.69, 9.17) is 4.74 Å². The zero-order chi connectivity index (χ0) is 17.1. The Labute approximate surface area is 141 Å². The lowest BCUT2D eigenvalue weighted by Crippen LogP contribution is -2.34. The van der Waals surface area contributed by atoms with E-state index in [-0.39, 0.29) is 12.1 Å². The van der Waals surface area contributed by atoms with E-state index in [9.17, 15) is 4.79 Å². The first kappa shape index (κ1) is 17.3. The van der Waals surface area contributed by atoms with E-state index in [1.807, 2.05) is 45.9 Å². The van der Waals surface area contributed by atoms with Gasteiger partial charge < -0.3 is 15.0 Å². The summed E-state index contributed by atoms with van der Waals surface area (Å²) in [5.41, 5.74) is 2.67. The minimum atomic E-state index is -0.188. The molecule has 0 saturated carbocycles. The lowest BCUT2D eigenvalue weighted by atomic mass is 10.2. The molecular formula is C17H23N3O2S. The van der Waals surface area contributed by atoms with Crippen molar-refractivity contribution in [1.29, 1.82) is 0 Å². The first-order valence-corrected chi connectivity index (χ1v) is 8.27. The van der Waals surface area contributed by atoms with Crippen LogP contribution in [0.3, 0.4) is 0 Å². The number of hydrogen-bond acceptors (Lipinski definition) is 4. The van der Waals surface area contributed by atoms with Crippen LogP contribution in [0.5, 0.6) is 5.75 Å². The Balaban J connectivity index is 2.17. The first-order chi connectivity index (χ1) is 10.8. The van der Waals surface area contributed by atoms with Crippen molar-refractivity contribution in [1.82, 2.24) is 9.88 Å². The van der Waals surface area contributed by atoms with E-state index in [0.717, 1.165) is 21.1 Å². The number of benzene rings is 1. The van der Waals surface area contributed by atoms with Crippen molar-refractivity contribution in [2.75, 3.05) is 19.5 Å². The fourth-order valence-electron chi connectivity index (χ4n) is 2.41. The second-order valence-electron chi connectivity index (χ2n) is 5.60. The zero-order valence-electron chi connectivity index (χ0n) is 14.4. The third-order valence-corrected chi connectivity index (χ3v) is 4.74. The van der Waals surface area contributed by atoms with Gasteiger partial charge in [0.15, 0.2) is 0 Å². The average molecular weight is 333 g/mol. The number of aromatic nitrogens is 1. The number of rotatable bonds is 4. The summed E-state index contributed by atoms with van der Waals surface area (Å²) in [7, 11) is 3.37. The van der Waals surface area contributed by atoms with Gasteiger partial charge in [-0.15, -0.1) is 11.3 Å². The summed E-state index contributed by atoms with van der Waals surface area (Å²) in [6.45, 7) is 7.97. The minimum absolute atomic E-state index is 0.101. The van der Waals surface area contributed by atoms with E-state index >= 15 is 0 Å². The SMILES string of the molecule is COc1ccc(C)cc1NC(=O)N(C)[C@H](C)c1nc(C)sc1C. The Hall–Kier alpha value is -2.08. The van der Waals surface area contributed by atoms with Gasteiger partial charge >= 0.3 is 6.03 Å². The van der Waals surface area contributed by atoms with E-state index in [1.165, 1.54) is 0 Å². The molecule has 1 heterocycles. The minimum Gasteiger partial charge on any atom is -0.495 e. The van der Waals surface area contributed by atoms with Crippen molar-refractivity contribution < 1.29 is 9.53 Å². The average Bonchev–Trinajstić information content (AvgIpc) is 2.84. The van der Waals surface area contributed by atoms with Gasteiger partial charge in [0, 0.05) is 11.9 Å². The van der Waals surface area contributed by atoms with Crippen molar-refractivity contribution in [2.45, 2.75) is 33.7 Å². The van der Waals surface area contributed by atoms with E-state index in [0.29, 0.717) is 11.4 Å². The number of urea groups is 1. The summed E-state index contributed by atoms with van der Waals surface area (Å²) in [6, 6.07) is 5.40. The van der Waals surface area contributed by atoms with Gasteiger partial charge in [0.05, 0.1) is 29.5 Å². The molecule has 2 amide bonds. The summed E-state index contributed by atoms with van der Waals surface area (Å²) < 4.78 is 5.30. The molecule has 0 aliphatic carbocycles. The molecule has 0 aliphatic rings. The van der Waals surface area contributed by atoms with Gasteiger partial charge in [-0.05, 0) is 45.4 Å². The van der Waals surface area contributed by atoms with Gasteiger partial charge in [-0.3, -0.25) is 0 Å². The van der Waals surface area contributed by atoms with Crippen LogP contribution in [-0.2, 0) is 0 Å². The highest BCUT2D eigenvalue weighted by atomic mass is 32.1. The highest BCUT2D eigenvalue weighted by molar-refractivity contribution is 7.11. The molecule has 0 saturated heterocycles. The molecule has 0 spiro atoms. The molecule has 0 bridgehead atoms. The molecule has 1 atom stereocenters. The number of nitrogens with one attached hydrogen (secondary N) is 1. The number of carbonyl (C=O) groups excluding carboxylic acids is 1. The Kier molecular flexibility index (Phi) is 5.26. The standard InChI is InChI=1S/C17H23N3O2S/c1-10-7-8-15(22-6)14(9-10)19-17(21)20(5)11(2)16-12(3)23-13(4)18-16/h7-9,11H,1-6H3,(H,19,21)/t11-/m1/s1. The van der Waals surface area contributed by atoms with Crippen LogP contribution in [0.4, 0.5) is 10.5 Å². The fourth-order valence-corrected chi connectivity index (χ4v) is 3.32. The Morgan fingerprint density at radius 1 is 1.35 bits per heavy atom. The van der Waals surface area contributed by atoms with Crippen LogP contribution in [0.15, 0.2) is 18.2 Å². The van der Waals surface area contributed by atoms with Crippen molar-refractivity contribution in [3.05, 3.63) is 39.3 Å². The van der Waals surface area contributed by atoms with Crippen LogP contribution >= 0.6 is 11.3 Å². The van der Waals surface area contributed by atoms with Crippen molar-refractivity contribution in [3.8, 4) is 5.75 Å². The topological polar surface area (TPSA) is 54.5 Å². The van der Waals surface area contributed by atoms with Crippen LogP contribution in [0, 0.1) is 20.8 Å². The quantitative estimate of drug-likeness (QED) is 0.907. The van der Waals surface area contributed by atoms with Crippen LogP contribution in [0.25, 0.3) is 0 Å². The maximum atomic E-state index is 12.6. The third-order valence-electron chi connectivity index (χ3n) is 3.83. The maximum Gasteiger partial charge on any atom is 0.322 e. The van der Waals surface area contributed by atoms with Gasteiger partial charge in [-0.25, -0.2) is 9.78 Å². The molecule has 2 rings (SSSR count). The smallest absolute Gasteiger partial charge is 0.322 e.